The molecule has 6 nitrogen and oxygen atoms in total. The number of hydrogen-bond acceptors (Lipinski definition) is 5. The van der Waals surface area contributed by atoms with Gasteiger partial charge < -0.3 is 19.0 Å². The van der Waals surface area contributed by atoms with E-state index < -0.39 is 5.60 Å². The fourth-order valence-corrected chi connectivity index (χ4v) is 2.43. The van der Waals surface area contributed by atoms with Gasteiger partial charge in [-0.15, -0.1) is 0 Å². The molecule has 0 N–H and O–H groups in total. The number of hydrogen-bond donors (Lipinski definition) is 0. The highest BCUT2D eigenvalue weighted by Gasteiger charge is 2.27. The van der Waals surface area contributed by atoms with Crippen molar-refractivity contribution in [2.45, 2.75) is 26.4 Å². The van der Waals surface area contributed by atoms with E-state index in [1.807, 2.05) is 25.7 Å². The number of benzene rings is 1. The topological polar surface area (TPSA) is 58.8 Å². The highest BCUT2D eigenvalue weighted by Crippen LogP contribution is 2.23. The Kier molecular flexibility index (Phi) is 3.87. The summed E-state index contributed by atoms with van der Waals surface area (Å²) in [5.74, 6) is -0.341. The van der Waals surface area contributed by atoms with Crippen LogP contribution in [0.3, 0.4) is 0 Å². The lowest BCUT2D eigenvalue weighted by Gasteiger charge is -2.34. The van der Waals surface area contributed by atoms with Gasteiger partial charge in [-0.1, -0.05) is 0 Å². The van der Waals surface area contributed by atoms with E-state index in [9.17, 15) is 9.18 Å². The molecule has 1 aromatic carbocycles. The Morgan fingerprint density at radius 1 is 1.26 bits per heavy atom. The van der Waals surface area contributed by atoms with Crippen molar-refractivity contribution in [3.05, 3.63) is 24.0 Å². The summed E-state index contributed by atoms with van der Waals surface area (Å²) in [4.78, 5) is 20.0. The van der Waals surface area contributed by atoms with Crippen LogP contribution in [0.1, 0.15) is 20.8 Å². The summed E-state index contributed by atoms with van der Waals surface area (Å²) in [6, 6.07) is 4.71. The molecule has 2 heterocycles. The van der Waals surface area contributed by atoms with Gasteiger partial charge in [0.15, 0.2) is 5.58 Å². The molecule has 0 saturated carbocycles. The van der Waals surface area contributed by atoms with Crippen molar-refractivity contribution < 1.29 is 18.3 Å². The number of nitrogens with zero attached hydrogens (tertiary/aromatic N) is 3. The van der Waals surface area contributed by atoms with E-state index in [4.69, 9.17) is 9.15 Å². The zero-order valence-corrected chi connectivity index (χ0v) is 13.5. The average molecular weight is 321 g/mol. The van der Waals surface area contributed by atoms with Crippen LogP contribution in [0.15, 0.2) is 22.6 Å². The third-order valence-electron chi connectivity index (χ3n) is 3.54. The monoisotopic (exact) mass is 321 g/mol. The van der Waals surface area contributed by atoms with Crippen molar-refractivity contribution in [3.63, 3.8) is 0 Å². The second-order valence-corrected chi connectivity index (χ2v) is 6.56. The van der Waals surface area contributed by atoms with E-state index in [0.29, 0.717) is 43.3 Å². The molecular weight excluding hydrogens is 301 g/mol. The maximum absolute atomic E-state index is 13.2. The first kappa shape index (κ1) is 15.6. The van der Waals surface area contributed by atoms with Crippen molar-refractivity contribution in [1.82, 2.24) is 9.88 Å². The van der Waals surface area contributed by atoms with Crippen molar-refractivity contribution in [1.29, 1.82) is 0 Å². The van der Waals surface area contributed by atoms with E-state index in [2.05, 4.69) is 4.98 Å². The van der Waals surface area contributed by atoms with Crippen LogP contribution in [0.4, 0.5) is 15.2 Å². The van der Waals surface area contributed by atoms with E-state index >= 15 is 0 Å². The molecule has 1 aliphatic rings. The van der Waals surface area contributed by atoms with Gasteiger partial charge in [0.25, 0.3) is 6.01 Å². The number of rotatable bonds is 1. The van der Waals surface area contributed by atoms with Gasteiger partial charge in [-0.3, -0.25) is 0 Å². The molecule has 1 saturated heterocycles. The van der Waals surface area contributed by atoms with Crippen LogP contribution in [-0.4, -0.2) is 47.8 Å². The Morgan fingerprint density at radius 2 is 1.96 bits per heavy atom. The van der Waals surface area contributed by atoms with Crippen LogP contribution < -0.4 is 4.90 Å². The lowest BCUT2D eigenvalue weighted by Crippen LogP contribution is -2.50. The molecule has 0 unspecified atom stereocenters. The normalized spacial score (nSPS) is 16.0. The second kappa shape index (κ2) is 5.72. The van der Waals surface area contributed by atoms with Gasteiger partial charge in [0.2, 0.25) is 0 Å². The summed E-state index contributed by atoms with van der Waals surface area (Å²) in [5, 5.41) is 0. The summed E-state index contributed by atoms with van der Waals surface area (Å²) in [6.45, 7) is 7.78. The van der Waals surface area contributed by atoms with Crippen LogP contribution in [0, 0.1) is 5.82 Å². The Hall–Kier alpha value is -2.31. The minimum Gasteiger partial charge on any atom is -0.444 e. The van der Waals surface area contributed by atoms with Crippen LogP contribution >= 0.6 is 0 Å². The van der Waals surface area contributed by atoms with Crippen LogP contribution in [0.25, 0.3) is 11.1 Å². The average Bonchev–Trinajstić information content (AvgIpc) is 2.88. The molecule has 1 aliphatic heterocycles. The van der Waals surface area contributed by atoms with Gasteiger partial charge in [0.05, 0.1) is 0 Å². The number of halogens is 1. The molecule has 0 atom stereocenters. The number of aromatic nitrogens is 1. The molecule has 7 heteroatoms. The van der Waals surface area contributed by atoms with Gasteiger partial charge in [0.1, 0.15) is 16.9 Å². The van der Waals surface area contributed by atoms with Gasteiger partial charge >= 0.3 is 6.09 Å². The van der Waals surface area contributed by atoms with E-state index in [-0.39, 0.29) is 11.9 Å². The summed E-state index contributed by atoms with van der Waals surface area (Å²) in [7, 11) is 0. The molecular formula is C16H20FN3O3. The molecule has 1 amide bonds. The highest BCUT2D eigenvalue weighted by atomic mass is 19.1. The maximum atomic E-state index is 13.2. The Bertz CT molecular complexity index is 715. The Balaban J connectivity index is 1.65. The SMILES string of the molecule is CC(C)(C)OC(=O)N1CCN(c2nc3cc(F)ccc3o2)CC1. The standard InChI is InChI=1S/C16H20FN3O3/c1-16(2,3)23-15(21)20-8-6-19(7-9-20)14-18-12-10-11(17)4-5-13(12)22-14/h4-5,10H,6-9H2,1-3H3. The third kappa shape index (κ3) is 3.55. The number of carbonyl (C=O) groups is 1. The molecule has 0 spiro atoms. The summed E-state index contributed by atoms with van der Waals surface area (Å²) >= 11 is 0. The smallest absolute Gasteiger partial charge is 0.410 e. The predicted molar refractivity (Wildman–Crippen MR) is 84.0 cm³/mol. The highest BCUT2D eigenvalue weighted by molar-refractivity contribution is 5.74. The first-order valence-corrected chi connectivity index (χ1v) is 7.61. The van der Waals surface area contributed by atoms with Crippen LogP contribution in [0.5, 0.6) is 0 Å². The first-order valence-electron chi connectivity index (χ1n) is 7.61. The number of anilines is 1. The van der Waals surface area contributed by atoms with Gasteiger partial charge in [-0.05, 0) is 32.9 Å². The van der Waals surface area contributed by atoms with Crippen molar-refractivity contribution >= 4 is 23.2 Å². The summed E-state index contributed by atoms with van der Waals surface area (Å²) in [6.07, 6.45) is -0.309. The molecule has 0 bridgehead atoms. The van der Waals surface area contributed by atoms with Gasteiger partial charge in [0, 0.05) is 32.2 Å². The maximum Gasteiger partial charge on any atom is 0.410 e. The van der Waals surface area contributed by atoms with Crippen molar-refractivity contribution in [3.8, 4) is 0 Å². The number of carbonyl (C=O) groups excluding carboxylic acids is 1. The molecule has 23 heavy (non-hydrogen) atoms. The second-order valence-electron chi connectivity index (χ2n) is 6.56. The Labute approximate surface area is 133 Å². The molecule has 3 rings (SSSR count). The first-order chi connectivity index (χ1) is 10.8. The number of fused-ring (bicyclic) bond motifs is 1. The van der Waals surface area contributed by atoms with E-state index in [1.165, 1.54) is 12.1 Å². The Morgan fingerprint density at radius 3 is 2.61 bits per heavy atom. The molecule has 124 valence electrons. The van der Waals surface area contributed by atoms with Crippen molar-refractivity contribution in [2.75, 3.05) is 31.1 Å². The fraction of sp³-hybridized carbons (Fsp3) is 0.500. The molecule has 1 fully saturated rings. The lowest BCUT2D eigenvalue weighted by atomic mass is 10.2. The van der Waals surface area contributed by atoms with Crippen LogP contribution in [-0.2, 0) is 4.74 Å². The van der Waals surface area contributed by atoms with Crippen LogP contribution in [0.2, 0.25) is 0 Å². The third-order valence-corrected chi connectivity index (χ3v) is 3.54. The number of ether oxygens (including phenoxy) is 1. The lowest BCUT2D eigenvalue weighted by molar-refractivity contribution is 0.0239. The van der Waals surface area contributed by atoms with Gasteiger partial charge in [-0.2, -0.15) is 4.98 Å². The molecule has 0 aliphatic carbocycles. The summed E-state index contributed by atoms with van der Waals surface area (Å²) in [5.41, 5.74) is 0.545. The zero-order valence-electron chi connectivity index (χ0n) is 13.5. The van der Waals surface area contributed by atoms with E-state index in [0.717, 1.165) is 0 Å². The zero-order chi connectivity index (χ0) is 16.6. The number of amides is 1. The summed E-state index contributed by atoms with van der Waals surface area (Å²) < 4.78 is 24.2. The molecule has 0 radical (unpaired) electrons. The largest absolute Gasteiger partial charge is 0.444 e. The quantitative estimate of drug-likeness (QED) is 0.808. The molecule has 1 aromatic heterocycles. The predicted octanol–water partition coefficient (Wildman–Crippen LogP) is 3.02. The minimum atomic E-state index is -0.501. The van der Waals surface area contributed by atoms with E-state index in [1.54, 1.807) is 11.0 Å². The molecule has 2 aromatic rings. The van der Waals surface area contributed by atoms with Gasteiger partial charge in [-0.25, -0.2) is 9.18 Å². The number of oxazole rings is 1. The number of piperazine rings is 1. The van der Waals surface area contributed by atoms with Crippen molar-refractivity contribution in [2.24, 2.45) is 0 Å². The minimum absolute atomic E-state index is 0.309. The fourth-order valence-electron chi connectivity index (χ4n) is 2.43.